The Bertz CT molecular complexity index is 218. The fraction of sp³-hybridized carbons (Fsp3) is 0.714. The van der Waals surface area contributed by atoms with Gasteiger partial charge in [0.2, 0.25) is 5.91 Å². The molecule has 6 N–H and O–H groups in total. The number of carbonyl (C=O) groups excluding carboxylic acids is 1. The van der Waals surface area contributed by atoms with Gasteiger partial charge in [0.15, 0.2) is 6.04 Å². The first-order chi connectivity index (χ1) is 6.40. The van der Waals surface area contributed by atoms with E-state index in [1.807, 2.05) is 5.32 Å². The minimum atomic E-state index is -1.42. The minimum Gasteiger partial charge on any atom is -0.480 e. The largest absolute Gasteiger partial charge is 0.480 e. The molecule has 0 rings (SSSR count). The molecule has 0 spiro atoms. The number of aliphatic carboxylic acids is 1. The van der Waals surface area contributed by atoms with Crippen molar-refractivity contribution in [3.05, 3.63) is 0 Å². The molecule has 3 atom stereocenters. The number of carboxylic acids is 1. The smallest absolute Gasteiger partial charge is 0.328 e. The summed E-state index contributed by atoms with van der Waals surface area (Å²) in [5.41, 5.74) is 5.13. The van der Waals surface area contributed by atoms with Gasteiger partial charge in [-0.1, -0.05) is 0 Å². The third-order valence-corrected chi connectivity index (χ3v) is 1.58. The number of aliphatic hydroxyl groups is 2. The average Bonchev–Trinajstić information content (AvgIpc) is 2.11. The van der Waals surface area contributed by atoms with Gasteiger partial charge in [0.1, 0.15) is 6.04 Å². The minimum absolute atomic E-state index is 0.585. The highest BCUT2D eigenvalue weighted by molar-refractivity contribution is 5.87. The van der Waals surface area contributed by atoms with E-state index >= 15 is 0 Å². The van der Waals surface area contributed by atoms with Gasteiger partial charge in [-0.25, -0.2) is 4.79 Å². The predicted octanol–water partition coefficient (Wildman–Crippen LogP) is -2.74. The molecule has 14 heavy (non-hydrogen) atoms. The van der Waals surface area contributed by atoms with Crippen molar-refractivity contribution in [3.8, 4) is 0 Å². The van der Waals surface area contributed by atoms with E-state index in [0.717, 1.165) is 0 Å². The van der Waals surface area contributed by atoms with Crippen LogP contribution in [0.25, 0.3) is 0 Å². The number of hydrogen-bond acceptors (Lipinski definition) is 5. The Morgan fingerprint density at radius 3 is 2.29 bits per heavy atom. The van der Waals surface area contributed by atoms with Crippen LogP contribution >= 0.6 is 0 Å². The van der Waals surface area contributed by atoms with Crippen LogP contribution in [0.15, 0.2) is 0 Å². The van der Waals surface area contributed by atoms with Crippen molar-refractivity contribution >= 4 is 11.9 Å². The number of aliphatic hydroxyl groups excluding tert-OH is 2. The monoisotopic (exact) mass is 206 g/mol. The quantitative estimate of drug-likeness (QED) is 0.331. The van der Waals surface area contributed by atoms with E-state index in [1.54, 1.807) is 0 Å². The Hall–Kier alpha value is -1.18. The lowest BCUT2D eigenvalue weighted by Gasteiger charge is -2.18. The first-order valence-corrected chi connectivity index (χ1v) is 3.97. The molecule has 0 aliphatic carbocycles. The van der Waals surface area contributed by atoms with E-state index in [9.17, 15) is 9.59 Å². The number of nitrogens with one attached hydrogen (secondary N) is 1. The van der Waals surface area contributed by atoms with Crippen LogP contribution in [-0.4, -0.2) is 52.0 Å². The van der Waals surface area contributed by atoms with Gasteiger partial charge in [0.05, 0.1) is 12.7 Å². The lowest BCUT2D eigenvalue weighted by molar-refractivity contribution is -0.145. The SMILES string of the molecule is C[C@H](O)[C@H](NC(=O)[C@@H](N)CO)C(=O)O. The van der Waals surface area contributed by atoms with Gasteiger partial charge in [-0.3, -0.25) is 4.79 Å². The summed E-state index contributed by atoms with van der Waals surface area (Å²) >= 11 is 0. The van der Waals surface area contributed by atoms with Crippen LogP contribution in [0.4, 0.5) is 0 Å². The fourth-order valence-corrected chi connectivity index (χ4v) is 0.732. The standard InChI is InChI=1S/C7H14N2O5/c1-3(11)5(7(13)14)9-6(12)4(8)2-10/h3-5,10-11H,2,8H2,1H3,(H,9,12)(H,13,14)/t3-,4-,5-/m0/s1. The highest BCUT2D eigenvalue weighted by Gasteiger charge is 2.26. The van der Waals surface area contributed by atoms with Crippen molar-refractivity contribution in [1.82, 2.24) is 5.32 Å². The topological polar surface area (TPSA) is 133 Å². The molecule has 7 heteroatoms. The lowest BCUT2D eigenvalue weighted by Crippen LogP contribution is -2.53. The second-order valence-electron chi connectivity index (χ2n) is 2.85. The van der Waals surface area contributed by atoms with Crippen molar-refractivity contribution in [3.63, 3.8) is 0 Å². The van der Waals surface area contributed by atoms with E-state index in [2.05, 4.69) is 0 Å². The number of amides is 1. The first kappa shape index (κ1) is 12.8. The van der Waals surface area contributed by atoms with E-state index in [-0.39, 0.29) is 0 Å². The predicted molar refractivity (Wildman–Crippen MR) is 46.3 cm³/mol. The fourth-order valence-electron chi connectivity index (χ4n) is 0.732. The molecule has 0 aliphatic heterocycles. The Morgan fingerprint density at radius 1 is 1.50 bits per heavy atom. The summed E-state index contributed by atoms with van der Waals surface area (Å²) in [6, 6.07) is -2.60. The van der Waals surface area contributed by atoms with E-state index < -0.39 is 36.7 Å². The van der Waals surface area contributed by atoms with Gasteiger partial charge >= 0.3 is 5.97 Å². The number of carboxylic acid groups (broad SMARTS) is 1. The Kier molecular flexibility index (Phi) is 5.06. The first-order valence-electron chi connectivity index (χ1n) is 3.97. The van der Waals surface area contributed by atoms with Crippen LogP contribution < -0.4 is 11.1 Å². The van der Waals surface area contributed by atoms with Gasteiger partial charge in [-0.2, -0.15) is 0 Å². The molecule has 0 saturated carbocycles. The third kappa shape index (κ3) is 3.69. The molecule has 0 aromatic carbocycles. The zero-order valence-corrected chi connectivity index (χ0v) is 7.67. The summed E-state index contributed by atoms with van der Waals surface area (Å²) in [7, 11) is 0. The van der Waals surface area contributed by atoms with Crippen LogP contribution in [0, 0.1) is 0 Å². The summed E-state index contributed by atoms with van der Waals surface area (Å²) in [6.45, 7) is 0.640. The second-order valence-corrected chi connectivity index (χ2v) is 2.85. The molecule has 0 fully saturated rings. The van der Waals surface area contributed by atoms with Crippen molar-refractivity contribution in [1.29, 1.82) is 0 Å². The summed E-state index contributed by atoms with van der Waals surface area (Å²) in [5, 5.41) is 28.0. The van der Waals surface area contributed by atoms with Crippen molar-refractivity contribution < 1.29 is 24.9 Å². The molecule has 1 amide bonds. The molecule has 0 radical (unpaired) electrons. The zero-order valence-electron chi connectivity index (χ0n) is 7.67. The van der Waals surface area contributed by atoms with Gasteiger partial charge in [-0.15, -0.1) is 0 Å². The average molecular weight is 206 g/mol. The molecular weight excluding hydrogens is 192 g/mol. The molecule has 0 saturated heterocycles. The third-order valence-electron chi connectivity index (χ3n) is 1.58. The van der Waals surface area contributed by atoms with Crippen molar-refractivity contribution in [2.75, 3.05) is 6.61 Å². The van der Waals surface area contributed by atoms with Gasteiger partial charge in [-0.05, 0) is 6.92 Å². The van der Waals surface area contributed by atoms with Gasteiger partial charge in [0, 0.05) is 0 Å². The summed E-state index contributed by atoms with van der Waals surface area (Å²) in [4.78, 5) is 21.5. The van der Waals surface area contributed by atoms with Gasteiger partial charge in [0.25, 0.3) is 0 Å². The maximum absolute atomic E-state index is 11.0. The second kappa shape index (κ2) is 5.53. The molecule has 0 heterocycles. The summed E-state index contributed by atoms with van der Waals surface area (Å²) in [5.74, 6) is -2.18. The van der Waals surface area contributed by atoms with Crippen LogP contribution in [-0.2, 0) is 9.59 Å². The molecule has 0 aromatic heterocycles. The highest BCUT2D eigenvalue weighted by atomic mass is 16.4. The van der Waals surface area contributed by atoms with Crippen LogP contribution in [0.2, 0.25) is 0 Å². The summed E-state index contributed by atoms with van der Waals surface area (Å²) in [6.07, 6.45) is -1.23. The van der Waals surface area contributed by atoms with Crippen LogP contribution in [0.3, 0.4) is 0 Å². The molecule has 7 nitrogen and oxygen atoms in total. The van der Waals surface area contributed by atoms with Crippen LogP contribution in [0.1, 0.15) is 6.92 Å². The van der Waals surface area contributed by atoms with Crippen LogP contribution in [0.5, 0.6) is 0 Å². The normalized spacial score (nSPS) is 16.9. The zero-order chi connectivity index (χ0) is 11.3. The number of hydrogen-bond donors (Lipinski definition) is 5. The number of rotatable bonds is 5. The Balaban J connectivity index is 4.31. The van der Waals surface area contributed by atoms with E-state index in [0.29, 0.717) is 0 Å². The molecule has 0 aliphatic rings. The lowest BCUT2D eigenvalue weighted by atomic mass is 10.1. The molecule has 0 aromatic rings. The number of nitrogens with two attached hydrogens (primary N) is 1. The Labute approximate surface area is 80.5 Å². The highest BCUT2D eigenvalue weighted by Crippen LogP contribution is 1.93. The van der Waals surface area contributed by atoms with Gasteiger partial charge < -0.3 is 26.4 Å². The molecule has 0 unspecified atom stereocenters. The summed E-state index contributed by atoms with van der Waals surface area (Å²) < 4.78 is 0. The maximum atomic E-state index is 11.0. The molecule has 82 valence electrons. The molecular formula is C7H14N2O5. The van der Waals surface area contributed by atoms with E-state index in [4.69, 9.17) is 21.1 Å². The number of carbonyl (C=O) groups is 2. The van der Waals surface area contributed by atoms with E-state index in [1.165, 1.54) is 6.92 Å². The van der Waals surface area contributed by atoms with Crippen molar-refractivity contribution in [2.24, 2.45) is 5.73 Å². The maximum Gasteiger partial charge on any atom is 0.328 e. The Morgan fingerprint density at radius 2 is 2.00 bits per heavy atom. The molecule has 0 bridgehead atoms. The van der Waals surface area contributed by atoms with Crippen molar-refractivity contribution in [2.45, 2.75) is 25.1 Å².